The maximum atomic E-state index is 17.2. The molecule has 0 bridgehead atoms. The molecular weight excluding hydrogens is 469 g/mol. The van der Waals surface area contributed by atoms with Crippen LogP contribution in [0, 0.1) is 28.6 Å². The van der Waals surface area contributed by atoms with Gasteiger partial charge in [-0.15, -0.1) is 0 Å². The molecule has 34 heavy (non-hydrogen) atoms. The summed E-state index contributed by atoms with van der Waals surface area (Å²) < 4.78 is 51.8. The van der Waals surface area contributed by atoms with Gasteiger partial charge in [-0.1, -0.05) is 26.8 Å². The van der Waals surface area contributed by atoms with Crippen LogP contribution in [-0.4, -0.2) is 45.4 Å². The third-order valence-corrected chi connectivity index (χ3v) is 9.93. The molecule has 4 rings (SSSR count). The molecule has 8 atom stereocenters. The molecule has 0 amide bonds. The van der Waals surface area contributed by atoms with Crippen molar-refractivity contribution in [3.8, 4) is 0 Å². The van der Waals surface area contributed by atoms with Crippen LogP contribution in [0.25, 0.3) is 0 Å². The molecule has 0 saturated heterocycles. The lowest BCUT2D eigenvalue weighted by atomic mass is 9.45. The zero-order chi connectivity index (χ0) is 25.3. The molecule has 0 aromatic carbocycles. The minimum absolute atomic E-state index is 0.0144. The molecule has 0 aliphatic heterocycles. The number of rotatable bonds is 4. The van der Waals surface area contributed by atoms with Crippen molar-refractivity contribution in [1.29, 1.82) is 0 Å². The number of halogens is 3. The monoisotopic (exact) mass is 500 g/mol. The number of hydrogen-bond donors (Lipinski definition) is 1. The van der Waals surface area contributed by atoms with E-state index in [0.717, 1.165) is 0 Å². The molecule has 4 aliphatic rings. The molecule has 9 heteroatoms. The first-order chi connectivity index (χ1) is 15.8. The van der Waals surface area contributed by atoms with Gasteiger partial charge >= 0.3 is 5.97 Å². The number of ketones is 1. The fraction of sp³-hybridized carbons (Fsp3) is 0.720. The smallest absolute Gasteiger partial charge is 0.306 e. The van der Waals surface area contributed by atoms with Crippen LogP contribution >= 0.6 is 11.8 Å². The average Bonchev–Trinajstić information content (AvgIpc) is 2.99. The van der Waals surface area contributed by atoms with Crippen molar-refractivity contribution in [2.45, 2.75) is 77.2 Å². The van der Waals surface area contributed by atoms with Gasteiger partial charge in [-0.05, 0) is 49.1 Å². The number of allylic oxidation sites excluding steroid dienone is 4. The van der Waals surface area contributed by atoms with Crippen LogP contribution in [0.3, 0.4) is 0 Å². The molecule has 0 spiro atoms. The van der Waals surface area contributed by atoms with E-state index in [1.165, 1.54) is 19.1 Å². The summed E-state index contributed by atoms with van der Waals surface area (Å²) in [7, 11) is 0. The Hall–Kier alpha value is -1.61. The Bertz CT molecular complexity index is 997. The fourth-order valence-electron chi connectivity index (χ4n) is 7.60. The van der Waals surface area contributed by atoms with Gasteiger partial charge in [0.2, 0.25) is 5.12 Å². The van der Waals surface area contributed by atoms with Crippen LogP contribution in [0.2, 0.25) is 0 Å². The molecule has 1 unspecified atom stereocenters. The predicted molar refractivity (Wildman–Crippen MR) is 121 cm³/mol. The van der Waals surface area contributed by atoms with Crippen molar-refractivity contribution >= 4 is 28.6 Å². The molecule has 0 aromatic heterocycles. The average molecular weight is 501 g/mol. The number of esters is 1. The summed E-state index contributed by atoms with van der Waals surface area (Å²) in [4.78, 5) is 37.8. The van der Waals surface area contributed by atoms with Gasteiger partial charge in [-0.3, -0.25) is 14.4 Å². The van der Waals surface area contributed by atoms with Crippen LogP contribution in [0.5, 0.6) is 0 Å². The highest BCUT2D eigenvalue weighted by Gasteiger charge is 2.77. The Morgan fingerprint density at radius 1 is 1.29 bits per heavy atom. The van der Waals surface area contributed by atoms with Gasteiger partial charge in [-0.2, -0.15) is 0 Å². The van der Waals surface area contributed by atoms with Gasteiger partial charge in [-0.25, -0.2) is 13.2 Å². The van der Waals surface area contributed by atoms with Crippen molar-refractivity contribution < 1.29 is 37.4 Å². The molecule has 188 valence electrons. The lowest BCUT2D eigenvalue weighted by Gasteiger charge is -2.62. The second-order valence-corrected chi connectivity index (χ2v) is 11.5. The van der Waals surface area contributed by atoms with Gasteiger partial charge in [0.05, 0.1) is 6.10 Å². The number of aliphatic hydroxyl groups is 1. The quantitative estimate of drug-likeness (QED) is 0.560. The fourth-order valence-corrected chi connectivity index (χ4v) is 8.39. The number of carbonyl (C=O) groups is 3. The Balaban J connectivity index is 1.89. The highest BCUT2D eigenvalue weighted by Crippen LogP contribution is 2.72. The van der Waals surface area contributed by atoms with Crippen LogP contribution in [0.15, 0.2) is 23.6 Å². The maximum Gasteiger partial charge on any atom is 0.306 e. The van der Waals surface area contributed by atoms with Crippen LogP contribution in [0.4, 0.5) is 13.2 Å². The highest BCUT2D eigenvalue weighted by molar-refractivity contribution is 8.13. The zero-order valence-corrected chi connectivity index (χ0v) is 20.6. The van der Waals surface area contributed by atoms with Crippen molar-refractivity contribution in [3.05, 3.63) is 23.6 Å². The first-order valence-corrected chi connectivity index (χ1v) is 12.7. The van der Waals surface area contributed by atoms with Crippen molar-refractivity contribution in [2.24, 2.45) is 28.6 Å². The summed E-state index contributed by atoms with van der Waals surface area (Å²) in [6.07, 6.45) is 0.414. The molecule has 2 saturated carbocycles. The number of ether oxygens (including phenoxy) is 1. The van der Waals surface area contributed by atoms with E-state index >= 15 is 8.78 Å². The Morgan fingerprint density at radius 2 is 1.97 bits per heavy atom. The lowest BCUT2D eigenvalue weighted by Crippen LogP contribution is -2.69. The normalized spacial score (nSPS) is 45.5. The van der Waals surface area contributed by atoms with Gasteiger partial charge in [0.1, 0.15) is 11.8 Å². The summed E-state index contributed by atoms with van der Waals surface area (Å²) in [6.45, 7) is 6.46. The molecular formula is C25H31F3O5S. The second-order valence-electron chi connectivity index (χ2n) is 10.6. The van der Waals surface area contributed by atoms with E-state index in [1.54, 1.807) is 20.8 Å². The van der Waals surface area contributed by atoms with Gasteiger partial charge in [0.25, 0.3) is 0 Å². The standard InChI is InChI=1S/C25H31F3O5S/c1-5-20(31)33-25(21(32)34-12-26)13(2)8-15-16-10-18(27)17-9-14(29)6-7-22(17,3)24(16,28)19(30)11-23(15,25)4/h6-7,13,15-16,19,30H,5,8-12H2,1-4H3/t13-,15+,16+,19+,22+,23+,24+,25?/m1/s1. The molecule has 5 nitrogen and oxygen atoms in total. The van der Waals surface area contributed by atoms with E-state index in [4.69, 9.17) is 4.74 Å². The second kappa shape index (κ2) is 8.22. The SMILES string of the molecule is CCC(=O)OC1(C(=O)SCF)[C@H](C)C[C@H]2[C@@H]3CC(F)=C4CC(=O)C=C[C@]4(C)[C@@]3(F)[C@@H](O)C[C@@]21C. The summed E-state index contributed by atoms with van der Waals surface area (Å²) in [6, 6.07) is -1.02. The summed E-state index contributed by atoms with van der Waals surface area (Å²) in [5.74, 6) is -3.79. The van der Waals surface area contributed by atoms with E-state index in [-0.39, 0.29) is 43.5 Å². The van der Waals surface area contributed by atoms with Gasteiger partial charge in [0.15, 0.2) is 17.1 Å². The Kier molecular flexibility index (Phi) is 6.16. The van der Waals surface area contributed by atoms with Crippen LogP contribution in [-0.2, 0) is 19.1 Å². The summed E-state index contributed by atoms with van der Waals surface area (Å²) in [5, 5.41) is 10.7. The molecule has 0 heterocycles. The number of fused-ring (bicyclic) bond motifs is 5. The molecule has 4 aliphatic carbocycles. The van der Waals surface area contributed by atoms with Crippen molar-refractivity contribution in [3.63, 3.8) is 0 Å². The molecule has 1 N–H and O–H groups in total. The lowest BCUT2D eigenvalue weighted by molar-refractivity contribution is -0.223. The van der Waals surface area contributed by atoms with E-state index in [1.807, 2.05) is 0 Å². The number of aliphatic hydroxyl groups excluding tert-OH is 1. The summed E-state index contributed by atoms with van der Waals surface area (Å²) >= 11 is 0.396. The predicted octanol–water partition coefficient (Wildman–Crippen LogP) is 4.78. The number of carbonyl (C=O) groups excluding carboxylic acids is 3. The zero-order valence-electron chi connectivity index (χ0n) is 19.8. The minimum atomic E-state index is -2.29. The van der Waals surface area contributed by atoms with E-state index in [0.29, 0.717) is 11.8 Å². The maximum absolute atomic E-state index is 17.2. The Labute approximate surface area is 201 Å². The topological polar surface area (TPSA) is 80.7 Å². The number of hydrogen-bond acceptors (Lipinski definition) is 6. The minimum Gasteiger partial charge on any atom is -0.449 e. The first kappa shape index (κ1) is 25.5. The van der Waals surface area contributed by atoms with Crippen molar-refractivity contribution in [1.82, 2.24) is 0 Å². The van der Waals surface area contributed by atoms with Gasteiger partial charge in [0, 0.05) is 41.9 Å². The van der Waals surface area contributed by atoms with E-state index < -0.39 is 68.9 Å². The van der Waals surface area contributed by atoms with Gasteiger partial charge < -0.3 is 9.84 Å². The third kappa shape index (κ3) is 3.01. The van der Waals surface area contributed by atoms with Crippen LogP contribution < -0.4 is 0 Å². The van der Waals surface area contributed by atoms with E-state index in [9.17, 15) is 23.9 Å². The molecule has 2 fully saturated rings. The first-order valence-electron chi connectivity index (χ1n) is 11.8. The molecule has 0 aromatic rings. The van der Waals surface area contributed by atoms with Crippen LogP contribution in [0.1, 0.15) is 59.8 Å². The molecule has 0 radical (unpaired) electrons. The number of thioether (sulfide) groups is 1. The summed E-state index contributed by atoms with van der Waals surface area (Å²) in [5.41, 5.74) is -6.77. The Morgan fingerprint density at radius 3 is 2.59 bits per heavy atom. The number of alkyl halides is 2. The third-order valence-electron chi connectivity index (χ3n) is 9.25. The highest BCUT2D eigenvalue weighted by atomic mass is 32.2. The van der Waals surface area contributed by atoms with Crippen molar-refractivity contribution in [2.75, 3.05) is 6.01 Å². The largest absolute Gasteiger partial charge is 0.449 e. The van der Waals surface area contributed by atoms with E-state index in [2.05, 4.69) is 0 Å².